The molecule has 3 aromatic rings. The van der Waals surface area contributed by atoms with Gasteiger partial charge in [-0.3, -0.25) is 0 Å². The van der Waals surface area contributed by atoms with Gasteiger partial charge in [-0.15, -0.1) is 0 Å². The van der Waals surface area contributed by atoms with Crippen LogP contribution in [0.4, 0.5) is 0 Å². The van der Waals surface area contributed by atoms with Crippen molar-refractivity contribution in [3.05, 3.63) is 94.5 Å². The summed E-state index contributed by atoms with van der Waals surface area (Å²) in [4.78, 5) is 0.0393. The van der Waals surface area contributed by atoms with E-state index in [0.29, 0.717) is 16.5 Å². The van der Waals surface area contributed by atoms with Gasteiger partial charge in [-0.05, 0) is 53.4 Å². The van der Waals surface area contributed by atoms with Crippen LogP contribution in [-0.2, 0) is 10.0 Å². The van der Waals surface area contributed by atoms with E-state index < -0.39 is 10.0 Å². The van der Waals surface area contributed by atoms with Gasteiger partial charge < -0.3 is 4.74 Å². The number of benzene rings is 3. The fraction of sp³-hybridized carbons (Fsp3) is 0.0455. The lowest BCUT2D eigenvalue weighted by Gasteiger charge is -2.29. The van der Waals surface area contributed by atoms with Crippen LogP contribution >= 0.6 is 23.8 Å². The summed E-state index contributed by atoms with van der Waals surface area (Å²) in [5.74, 6) is 1.14. The summed E-state index contributed by atoms with van der Waals surface area (Å²) in [5.41, 5.74) is 3.50. The van der Waals surface area contributed by atoms with E-state index in [-0.39, 0.29) is 10.8 Å². The Kier molecular flexibility index (Phi) is 5.27. The van der Waals surface area contributed by atoms with Gasteiger partial charge in [-0.2, -0.15) is 0 Å². The second-order valence-corrected chi connectivity index (χ2v) is 8.84. The van der Waals surface area contributed by atoms with Crippen molar-refractivity contribution in [1.29, 1.82) is 0 Å². The third-order valence-corrected chi connectivity index (χ3v) is 6.21. The molecule has 0 bridgehead atoms. The zero-order valence-corrected chi connectivity index (χ0v) is 17.5. The van der Waals surface area contributed by atoms with Gasteiger partial charge in [-0.1, -0.05) is 54.2 Å². The molecule has 4 nitrogen and oxygen atoms in total. The Hall–Kier alpha value is -2.51. The summed E-state index contributed by atoms with van der Waals surface area (Å²) in [6.45, 7) is 0. The molecule has 0 saturated heterocycles. The van der Waals surface area contributed by atoms with Crippen LogP contribution in [0.1, 0.15) is 22.6 Å². The second kappa shape index (κ2) is 7.72. The van der Waals surface area contributed by atoms with Crippen molar-refractivity contribution in [2.45, 2.75) is 10.8 Å². The maximum Gasteiger partial charge on any atom is 0.238 e. The first-order valence-corrected chi connectivity index (χ1v) is 11.1. The maximum atomic E-state index is 11.6. The largest absolute Gasteiger partial charge is 0.456 e. The maximum absolute atomic E-state index is 11.6. The van der Waals surface area contributed by atoms with Crippen LogP contribution in [0.25, 0.3) is 11.3 Å². The van der Waals surface area contributed by atoms with Crippen LogP contribution in [-0.4, -0.2) is 13.8 Å². The Morgan fingerprint density at radius 1 is 0.931 bits per heavy atom. The summed E-state index contributed by atoms with van der Waals surface area (Å²) in [6.07, 6.45) is 0. The molecule has 4 rings (SSSR count). The Morgan fingerprint density at radius 3 is 2.17 bits per heavy atom. The minimum atomic E-state index is -3.78. The Bertz CT molecular complexity index is 1220. The molecule has 1 heterocycles. The highest BCUT2D eigenvalue weighted by atomic mass is 35.5. The molecule has 0 saturated carbocycles. The average Bonchev–Trinajstić information content (AvgIpc) is 2.72. The molecule has 0 fully saturated rings. The molecule has 146 valence electrons. The topological polar surface area (TPSA) is 69.4 Å². The van der Waals surface area contributed by atoms with Gasteiger partial charge in [0.1, 0.15) is 11.5 Å². The lowest BCUT2D eigenvalue weighted by Crippen LogP contribution is -2.16. The van der Waals surface area contributed by atoms with E-state index in [1.165, 1.54) is 12.1 Å². The molecule has 7 heteroatoms. The van der Waals surface area contributed by atoms with Crippen molar-refractivity contribution in [2.24, 2.45) is 5.14 Å². The van der Waals surface area contributed by atoms with Gasteiger partial charge in [0.05, 0.1) is 4.90 Å². The van der Waals surface area contributed by atoms with Crippen molar-refractivity contribution in [1.82, 2.24) is 0 Å². The molecule has 2 N–H and O–H groups in total. The number of hydrogen-bond acceptors (Lipinski definition) is 4. The summed E-state index contributed by atoms with van der Waals surface area (Å²) in [6, 6.07) is 21.5. The minimum absolute atomic E-state index is 0.0393. The summed E-state index contributed by atoms with van der Waals surface area (Å²) < 4.78 is 29.5. The van der Waals surface area contributed by atoms with Crippen molar-refractivity contribution in [2.75, 3.05) is 0 Å². The van der Waals surface area contributed by atoms with Gasteiger partial charge in [0.2, 0.25) is 10.0 Å². The number of primary sulfonamides is 1. The smallest absolute Gasteiger partial charge is 0.238 e. The molecular formula is C22H16ClNO3S2. The highest BCUT2D eigenvalue weighted by molar-refractivity contribution is 7.89. The van der Waals surface area contributed by atoms with E-state index in [1.807, 2.05) is 48.5 Å². The second-order valence-electron chi connectivity index (χ2n) is 6.57. The normalized spacial score (nSPS) is 16.1. The van der Waals surface area contributed by atoms with Gasteiger partial charge in [0.25, 0.3) is 0 Å². The van der Waals surface area contributed by atoms with Crippen LogP contribution < -0.4 is 9.88 Å². The van der Waals surface area contributed by atoms with E-state index in [4.69, 9.17) is 33.7 Å². The number of sulfonamides is 1. The lowest BCUT2D eigenvalue weighted by molar-refractivity contribution is 0.500. The molecule has 1 atom stereocenters. The van der Waals surface area contributed by atoms with Gasteiger partial charge >= 0.3 is 0 Å². The number of halogens is 1. The van der Waals surface area contributed by atoms with E-state index in [9.17, 15) is 8.42 Å². The molecule has 0 spiro atoms. The average molecular weight is 442 g/mol. The molecule has 0 amide bonds. The third-order valence-electron chi connectivity index (χ3n) is 4.76. The first-order chi connectivity index (χ1) is 13.9. The fourth-order valence-electron chi connectivity index (χ4n) is 3.38. The Balaban J connectivity index is 1.94. The molecule has 0 radical (unpaired) electrons. The molecule has 0 aromatic heterocycles. The quantitative estimate of drug-likeness (QED) is 0.576. The highest BCUT2D eigenvalue weighted by Gasteiger charge is 2.30. The molecule has 0 aliphatic carbocycles. The standard InChI is InChI=1S/C22H16ClNO3S2/c23-16-9-5-14(6-10-16)21-19(13-28)18-3-1-2-4-20(18)27-22(21)15-7-11-17(12-8-15)29(24,25)26/h1-13,19H,(H2,24,25,26). The van der Waals surface area contributed by atoms with Crippen LogP contribution in [0, 0.1) is 0 Å². The molecule has 1 aliphatic heterocycles. The van der Waals surface area contributed by atoms with Crippen LogP contribution in [0.3, 0.4) is 0 Å². The van der Waals surface area contributed by atoms with E-state index >= 15 is 0 Å². The number of hydrogen-bond donors (Lipinski definition) is 1. The number of para-hydroxylation sites is 1. The Morgan fingerprint density at radius 2 is 1.55 bits per heavy atom. The number of rotatable bonds is 4. The highest BCUT2D eigenvalue weighted by Crippen LogP contribution is 2.46. The minimum Gasteiger partial charge on any atom is -0.456 e. The molecule has 29 heavy (non-hydrogen) atoms. The molecule has 1 unspecified atom stereocenters. The molecular weight excluding hydrogens is 426 g/mol. The van der Waals surface area contributed by atoms with Crippen molar-refractivity contribution >= 4 is 50.5 Å². The van der Waals surface area contributed by atoms with Gasteiger partial charge in [0, 0.05) is 27.6 Å². The number of thiocarbonyl (C=S) groups is 1. The third kappa shape index (κ3) is 3.84. The Labute approximate surface area is 179 Å². The van der Waals surface area contributed by atoms with Crippen molar-refractivity contribution in [3.63, 3.8) is 0 Å². The van der Waals surface area contributed by atoms with E-state index in [0.717, 1.165) is 22.3 Å². The van der Waals surface area contributed by atoms with E-state index in [2.05, 4.69) is 0 Å². The van der Waals surface area contributed by atoms with Gasteiger partial charge in [0.15, 0.2) is 0 Å². The zero-order chi connectivity index (χ0) is 20.6. The van der Waals surface area contributed by atoms with Crippen LogP contribution in [0.2, 0.25) is 5.02 Å². The SMILES string of the molecule is NS(=O)(=O)c1ccc(C2=C(c3ccc(Cl)cc3)C(C=S)c3ccccc3O2)cc1. The number of nitrogens with two attached hydrogens (primary N) is 1. The van der Waals surface area contributed by atoms with Gasteiger partial charge in [-0.25, -0.2) is 13.6 Å². The van der Waals surface area contributed by atoms with Crippen molar-refractivity contribution < 1.29 is 13.2 Å². The fourth-order valence-corrected chi connectivity index (χ4v) is 4.31. The molecule has 1 aliphatic rings. The number of allylic oxidation sites excluding steroid dienone is 1. The number of ether oxygens (including phenoxy) is 1. The summed E-state index contributed by atoms with van der Waals surface area (Å²) in [5, 5.41) is 7.56. The summed E-state index contributed by atoms with van der Waals surface area (Å²) >= 11 is 11.5. The zero-order valence-electron chi connectivity index (χ0n) is 15.1. The predicted octanol–water partition coefficient (Wildman–Crippen LogP) is 5.03. The predicted molar refractivity (Wildman–Crippen MR) is 120 cm³/mol. The lowest BCUT2D eigenvalue weighted by atomic mass is 9.83. The van der Waals surface area contributed by atoms with E-state index in [1.54, 1.807) is 17.5 Å². The first-order valence-electron chi connectivity index (χ1n) is 8.74. The molecule has 3 aromatic carbocycles. The first kappa shape index (κ1) is 19.8. The van der Waals surface area contributed by atoms with Crippen molar-refractivity contribution in [3.8, 4) is 5.75 Å². The number of fused-ring (bicyclic) bond motifs is 1. The van der Waals surface area contributed by atoms with Crippen LogP contribution in [0.15, 0.2) is 77.7 Å². The van der Waals surface area contributed by atoms with Crippen LogP contribution in [0.5, 0.6) is 5.75 Å². The monoisotopic (exact) mass is 441 g/mol. The summed E-state index contributed by atoms with van der Waals surface area (Å²) in [7, 11) is -3.78.